The maximum absolute atomic E-state index is 9.73. The number of rotatable bonds is 5. The Morgan fingerprint density at radius 2 is 2.15 bits per heavy atom. The summed E-state index contributed by atoms with van der Waals surface area (Å²) in [5, 5.41) is 9.73. The average Bonchev–Trinajstić information content (AvgIpc) is 2.72. The van der Waals surface area contributed by atoms with Crippen LogP contribution in [0.4, 0.5) is 0 Å². The Bertz CT molecular complexity index is 761. The molecule has 1 N–H and O–H groups in total. The van der Waals surface area contributed by atoms with Crippen LogP contribution < -0.4 is 0 Å². The second-order valence-corrected chi connectivity index (χ2v) is 6.99. The second kappa shape index (κ2) is 7.94. The number of allylic oxidation sites excluding steroid dienone is 3. The van der Waals surface area contributed by atoms with E-state index in [0.29, 0.717) is 0 Å². The van der Waals surface area contributed by atoms with Crippen molar-refractivity contribution in [3.05, 3.63) is 83.2 Å². The molecular formula is C22H25NO3. The molecule has 26 heavy (non-hydrogen) atoms. The van der Waals surface area contributed by atoms with Gasteiger partial charge in [0.15, 0.2) is 5.76 Å². The zero-order chi connectivity index (χ0) is 17.8. The number of hydrogen-bond donors (Lipinski definition) is 1. The summed E-state index contributed by atoms with van der Waals surface area (Å²) in [4.78, 5) is 2.45. The number of ether oxygens (including phenoxy) is 2. The fraction of sp³-hybridized carbons (Fsp3) is 0.364. The van der Waals surface area contributed by atoms with E-state index in [2.05, 4.69) is 29.2 Å². The van der Waals surface area contributed by atoms with E-state index in [1.165, 1.54) is 16.7 Å². The number of hydrogen-bond acceptors (Lipinski definition) is 4. The third-order valence-corrected chi connectivity index (χ3v) is 5.42. The van der Waals surface area contributed by atoms with Gasteiger partial charge in [-0.05, 0) is 42.4 Å². The maximum Gasteiger partial charge on any atom is 0.156 e. The summed E-state index contributed by atoms with van der Waals surface area (Å²) < 4.78 is 11.2. The van der Waals surface area contributed by atoms with Crippen LogP contribution in [0.1, 0.15) is 36.0 Å². The van der Waals surface area contributed by atoms with E-state index >= 15 is 0 Å². The highest BCUT2D eigenvalue weighted by atomic mass is 16.5. The van der Waals surface area contributed by atoms with Crippen LogP contribution in [0.5, 0.6) is 0 Å². The van der Waals surface area contributed by atoms with Gasteiger partial charge in [-0.1, -0.05) is 42.0 Å². The SMILES string of the molecule is OCc1cccc2c1CN(C(CC1=CC=CCC1)C1=COC=CO1)CC2. The van der Waals surface area contributed by atoms with E-state index in [9.17, 15) is 5.11 Å². The first-order chi connectivity index (χ1) is 12.8. The highest BCUT2D eigenvalue weighted by Gasteiger charge is 2.30. The monoisotopic (exact) mass is 351 g/mol. The Balaban J connectivity index is 1.60. The molecule has 0 fully saturated rings. The Labute approximate surface area is 154 Å². The number of aliphatic hydroxyl groups is 1. The molecule has 1 aromatic rings. The van der Waals surface area contributed by atoms with Crippen molar-refractivity contribution in [1.82, 2.24) is 4.90 Å². The van der Waals surface area contributed by atoms with Gasteiger partial charge < -0.3 is 14.6 Å². The van der Waals surface area contributed by atoms with E-state index in [1.54, 1.807) is 18.8 Å². The first-order valence-electron chi connectivity index (χ1n) is 9.31. The highest BCUT2D eigenvalue weighted by molar-refractivity contribution is 5.37. The molecule has 4 rings (SSSR count). The van der Waals surface area contributed by atoms with E-state index in [4.69, 9.17) is 9.47 Å². The van der Waals surface area contributed by atoms with Gasteiger partial charge in [-0.2, -0.15) is 0 Å². The molecule has 4 heteroatoms. The summed E-state index contributed by atoms with van der Waals surface area (Å²) >= 11 is 0. The molecule has 1 aromatic carbocycles. The molecule has 1 atom stereocenters. The zero-order valence-corrected chi connectivity index (χ0v) is 14.9. The quantitative estimate of drug-likeness (QED) is 0.873. The van der Waals surface area contributed by atoms with Crippen LogP contribution in [0.25, 0.3) is 0 Å². The minimum atomic E-state index is 0.0860. The lowest BCUT2D eigenvalue weighted by Gasteiger charge is -2.37. The fourth-order valence-corrected chi connectivity index (χ4v) is 4.00. The van der Waals surface area contributed by atoms with Crippen LogP contribution in [-0.2, 0) is 29.0 Å². The van der Waals surface area contributed by atoms with Gasteiger partial charge in [0.2, 0.25) is 0 Å². The zero-order valence-electron chi connectivity index (χ0n) is 14.9. The average molecular weight is 351 g/mol. The molecule has 1 unspecified atom stereocenters. The molecule has 0 spiro atoms. The normalized spacial score (nSPS) is 20.5. The van der Waals surface area contributed by atoms with Gasteiger partial charge in [0.05, 0.1) is 12.6 Å². The van der Waals surface area contributed by atoms with Gasteiger partial charge in [0.25, 0.3) is 0 Å². The molecule has 0 saturated carbocycles. The van der Waals surface area contributed by atoms with Crippen molar-refractivity contribution in [3.63, 3.8) is 0 Å². The lowest BCUT2D eigenvalue weighted by molar-refractivity contribution is 0.131. The van der Waals surface area contributed by atoms with Crippen LogP contribution in [-0.4, -0.2) is 22.6 Å². The molecule has 3 aliphatic rings. The third-order valence-electron chi connectivity index (χ3n) is 5.42. The maximum atomic E-state index is 9.73. The van der Waals surface area contributed by atoms with Crippen molar-refractivity contribution in [2.24, 2.45) is 0 Å². The van der Waals surface area contributed by atoms with Crippen LogP contribution in [0, 0.1) is 0 Å². The summed E-state index contributed by atoms with van der Waals surface area (Å²) in [7, 11) is 0. The second-order valence-electron chi connectivity index (χ2n) is 6.99. The van der Waals surface area contributed by atoms with Gasteiger partial charge in [-0.25, -0.2) is 0 Å². The van der Waals surface area contributed by atoms with Crippen LogP contribution in [0.3, 0.4) is 0 Å². The number of aliphatic hydroxyl groups excluding tert-OH is 1. The van der Waals surface area contributed by atoms with Crippen LogP contribution in [0.15, 0.2) is 66.5 Å². The summed E-state index contributed by atoms with van der Waals surface area (Å²) in [5.74, 6) is 0.855. The van der Waals surface area contributed by atoms with Gasteiger partial charge in [-0.3, -0.25) is 4.90 Å². The van der Waals surface area contributed by atoms with Gasteiger partial charge >= 0.3 is 0 Å². The topological polar surface area (TPSA) is 41.9 Å². The van der Waals surface area contributed by atoms with Crippen LogP contribution >= 0.6 is 0 Å². The molecule has 2 aliphatic heterocycles. The van der Waals surface area contributed by atoms with E-state index < -0.39 is 0 Å². The first kappa shape index (κ1) is 17.1. The molecule has 1 aliphatic carbocycles. The van der Waals surface area contributed by atoms with E-state index in [0.717, 1.165) is 50.1 Å². The largest absolute Gasteiger partial charge is 0.466 e. The number of benzene rings is 1. The minimum Gasteiger partial charge on any atom is -0.466 e. The standard InChI is InChI=1S/C22H25NO3/c24-15-19-8-4-7-18-9-10-23(14-20(18)19)21(22-16-25-11-12-26-22)13-17-5-2-1-3-6-17/h1-2,4-5,7-8,11-12,16,21,24H,3,6,9-10,13-15H2. The van der Waals surface area contributed by atoms with Gasteiger partial charge in [0.1, 0.15) is 18.8 Å². The lowest BCUT2D eigenvalue weighted by atomic mass is 9.91. The van der Waals surface area contributed by atoms with Crippen molar-refractivity contribution in [1.29, 1.82) is 0 Å². The molecular weight excluding hydrogens is 326 g/mol. The summed E-state index contributed by atoms with van der Waals surface area (Å²) in [6.45, 7) is 1.88. The van der Waals surface area contributed by atoms with Crippen molar-refractivity contribution < 1.29 is 14.6 Å². The molecule has 136 valence electrons. The van der Waals surface area contributed by atoms with Crippen molar-refractivity contribution in [3.8, 4) is 0 Å². The highest BCUT2D eigenvalue weighted by Crippen LogP contribution is 2.31. The molecule has 0 saturated heterocycles. The fourth-order valence-electron chi connectivity index (χ4n) is 4.00. The van der Waals surface area contributed by atoms with Crippen molar-refractivity contribution in [2.45, 2.75) is 44.9 Å². The predicted octanol–water partition coefficient (Wildman–Crippen LogP) is 3.93. The minimum absolute atomic E-state index is 0.0860. The summed E-state index contributed by atoms with van der Waals surface area (Å²) in [5.41, 5.74) is 5.08. The molecule has 0 bridgehead atoms. The van der Waals surface area contributed by atoms with Crippen molar-refractivity contribution in [2.75, 3.05) is 6.54 Å². The Morgan fingerprint density at radius 1 is 1.19 bits per heavy atom. The first-order valence-corrected chi connectivity index (χ1v) is 9.31. The molecule has 0 amide bonds. The molecule has 0 radical (unpaired) electrons. The number of nitrogens with zero attached hydrogens (tertiary/aromatic N) is 1. The summed E-state index contributed by atoms with van der Waals surface area (Å²) in [6.07, 6.45) is 15.6. The van der Waals surface area contributed by atoms with Gasteiger partial charge in [0, 0.05) is 13.1 Å². The lowest BCUT2D eigenvalue weighted by Crippen LogP contribution is -2.41. The Kier molecular flexibility index (Phi) is 5.23. The smallest absolute Gasteiger partial charge is 0.156 e. The molecule has 0 aromatic heterocycles. The Morgan fingerprint density at radius 3 is 2.92 bits per heavy atom. The third kappa shape index (κ3) is 3.62. The number of fused-ring (bicyclic) bond motifs is 1. The predicted molar refractivity (Wildman–Crippen MR) is 101 cm³/mol. The van der Waals surface area contributed by atoms with Gasteiger partial charge in [-0.15, -0.1) is 0 Å². The van der Waals surface area contributed by atoms with E-state index in [-0.39, 0.29) is 12.6 Å². The molecule has 4 nitrogen and oxygen atoms in total. The summed E-state index contributed by atoms with van der Waals surface area (Å²) in [6, 6.07) is 6.38. The van der Waals surface area contributed by atoms with E-state index in [1.807, 2.05) is 12.1 Å². The van der Waals surface area contributed by atoms with Crippen LogP contribution in [0.2, 0.25) is 0 Å². The molecule has 2 heterocycles. The van der Waals surface area contributed by atoms with Crippen molar-refractivity contribution >= 4 is 0 Å². The Hall–Kier alpha value is -2.30.